The molecule has 0 spiro atoms. The van der Waals surface area contributed by atoms with E-state index in [1.807, 2.05) is 13.8 Å². The molecule has 0 radical (unpaired) electrons. The number of hydrogen-bond acceptors (Lipinski definition) is 4. The summed E-state index contributed by atoms with van der Waals surface area (Å²) in [6.07, 6.45) is 0.801. The Morgan fingerprint density at radius 1 is 1.35 bits per heavy atom. The highest BCUT2D eigenvalue weighted by atomic mass is 16.5. The highest BCUT2D eigenvalue weighted by molar-refractivity contribution is 5.75. The zero-order chi connectivity index (χ0) is 13.3. The van der Waals surface area contributed by atoms with Crippen molar-refractivity contribution in [3.8, 4) is 0 Å². The van der Waals surface area contributed by atoms with Crippen LogP contribution in [0.3, 0.4) is 0 Å². The van der Waals surface area contributed by atoms with Crippen molar-refractivity contribution in [2.75, 3.05) is 33.3 Å². The molecule has 0 saturated heterocycles. The Morgan fingerprint density at radius 3 is 2.47 bits per heavy atom. The van der Waals surface area contributed by atoms with E-state index in [2.05, 4.69) is 31.1 Å². The van der Waals surface area contributed by atoms with E-state index < -0.39 is 0 Å². The van der Waals surface area contributed by atoms with Crippen molar-refractivity contribution < 1.29 is 9.53 Å². The molecule has 0 bridgehead atoms. The average molecular weight is 244 g/mol. The number of nitrogens with one attached hydrogen (secondary N) is 1. The summed E-state index contributed by atoms with van der Waals surface area (Å²) in [7, 11) is 2.09. The summed E-state index contributed by atoms with van der Waals surface area (Å²) in [6, 6.07) is -0.172. The van der Waals surface area contributed by atoms with Crippen molar-refractivity contribution in [2.45, 2.75) is 40.2 Å². The Hall–Kier alpha value is -0.610. The van der Waals surface area contributed by atoms with E-state index in [9.17, 15) is 4.79 Å². The largest absolute Gasteiger partial charge is 0.465 e. The fourth-order valence-electron chi connectivity index (χ4n) is 1.86. The molecule has 102 valence electrons. The summed E-state index contributed by atoms with van der Waals surface area (Å²) in [5.41, 5.74) is 0. The maximum Gasteiger partial charge on any atom is 0.323 e. The second kappa shape index (κ2) is 9.42. The Bertz CT molecular complexity index is 208. The highest BCUT2D eigenvalue weighted by Crippen LogP contribution is 2.01. The van der Waals surface area contributed by atoms with Crippen LogP contribution in [0.25, 0.3) is 0 Å². The number of ether oxygens (including phenoxy) is 1. The van der Waals surface area contributed by atoms with Gasteiger partial charge in [-0.1, -0.05) is 20.8 Å². The number of likely N-dealkylation sites (N-methyl/N-ethyl adjacent to an activating group) is 1. The normalized spacial score (nSPS) is 13.1. The van der Waals surface area contributed by atoms with Gasteiger partial charge < -0.3 is 15.0 Å². The van der Waals surface area contributed by atoms with E-state index in [0.717, 1.165) is 26.1 Å². The van der Waals surface area contributed by atoms with Gasteiger partial charge >= 0.3 is 5.97 Å². The van der Waals surface area contributed by atoms with Gasteiger partial charge in [-0.05, 0) is 39.4 Å². The van der Waals surface area contributed by atoms with Gasteiger partial charge in [-0.2, -0.15) is 0 Å². The van der Waals surface area contributed by atoms with Crippen LogP contribution in [-0.4, -0.2) is 50.2 Å². The summed E-state index contributed by atoms with van der Waals surface area (Å²) in [6.45, 7) is 11.4. The van der Waals surface area contributed by atoms with Gasteiger partial charge in [0, 0.05) is 6.54 Å². The molecule has 0 saturated carbocycles. The van der Waals surface area contributed by atoms with Gasteiger partial charge in [0.05, 0.1) is 6.61 Å². The number of carbonyl (C=O) groups is 1. The predicted octanol–water partition coefficient (Wildman–Crippen LogP) is 1.51. The highest BCUT2D eigenvalue weighted by Gasteiger charge is 2.18. The topological polar surface area (TPSA) is 41.6 Å². The monoisotopic (exact) mass is 244 g/mol. The number of esters is 1. The number of carbonyl (C=O) groups excluding carboxylic acids is 1. The van der Waals surface area contributed by atoms with Crippen molar-refractivity contribution >= 4 is 5.97 Å². The molecule has 0 aromatic carbocycles. The van der Waals surface area contributed by atoms with Gasteiger partial charge in [0.1, 0.15) is 6.04 Å². The van der Waals surface area contributed by atoms with Gasteiger partial charge in [0.15, 0.2) is 0 Å². The Morgan fingerprint density at radius 2 is 2.00 bits per heavy atom. The van der Waals surface area contributed by atoms with Crippen LogP contribution < -0.4 is 5.32 Å². The average Bonchev–Trinajstić information content (AvgIpc) is 2.23. The maximum absolute atomic E-state index is 11.7. The van der Waals surface area contributed by atoms with Gasteiger partial charge in [-0.15, -0.1) is 0 Å². The first-order valence-corrected chi connectivity index (χ1v) is 6.59. The van der Waals surface area contributed by atoms with Crippen LogP contribution in [0.5, 0.6) is 0 Å². The zero-order valence-electron chi connectivity index (χ0n) is 12.0. The van der Waals surface area contributed by atoms with E-state index in [1.54, 1.807) is 0 Å². The quantitative estimate of drug-likeness (QED) is 0.624. The van der Waals surface area contributed by atoms with E-state index in [0.29, 0.717) is 12.5 Å². The van der Waals surface area contributed by atoms with Crippen LogP contribution >= 0.6 is 0 Å². The molecule has 4 heteroatoms. The lowest BCUT2D eigenvalue weighted by Crippen LogP contribution is -2.40. The molecule has 0 aliphatic heterocycles. The minimum absolute atomic E-state index is 0.132. The molecule has 0 aliphatic carbocycles. The van der Waals surface area contributed by atoms with Gasteiger partial charge in [-0.3, -0.25) is 4.79 Å². The van der Waals surface area contributed by atoms with Crippen LogP contribution in [-0.2, 0) is 9.53 Å². The molecular formula is C13H28N2O2. The van der Waals surface area contributed by atoms with Crippen LogP contribution in [0.2, 0.25) is 0 Å². The Kier molecular flexibility index (Phi) is 9.09. The Labute approximate surface area is 106 Å². The summed E-state index contributed by atoms with van der Waals surface area (Å²) in [4.78, 5) is 13.9. The zero-order valence-corrected chi connectivity index (χ0v) is 12.0. The Balaban J connectivity index is 4.03. The number of hydrogen-bond donors (Lipinski definition) is 1. The summed E-state index contributed by atoms with van der Waals surface area (Å²) >= 11 is 0. The van der Waals surface area contributed by atoms with Gasteiger partial charge in [0.2, 0.25) is 0 Å². The molecule has 17 heavy (non-hydrogen) atoms. The SMILES string of the molecule is CCNC(CCN(C)CC(C)C)C(=O)OCC. The minimum atomic E-state index is -0.172. The lowest BCUT2D eigenvalue weighted by atomic mass is 10.1. The van der Waals surface area contributed by atoms with Crippen molar-refractivity contribution in [3.05, 3.63) is 0 Å². The third-order valence-electron chi connectivity index (χ3n) is 2.50. The first-order valence-electron chi connectivity index (χ1n) is 6.59. The fourth-order valence-corrected chi connectivity index (χ4v) is 1.86. The molecular weight excluding hydrogens is 216 g/mol. The van der Waals surface area contributed by atoms with Crippen molar-refractivity contribution in [1.82, 2.24) is 10.2 Å². The third kappa shape index (κ3) is 8.16. The third-order valence-corrected chi connectivity index (χ3v) is 2.50. The first-order chi connectivity index (χ1) is 8.01. The van der Waals surface area contributed by atoms with E-state index in [1.165, 1.54) is 0 Å². The smallest absolute Gasteiger partial charge is 0.323 e. The van der Waals surface area contributed by atoms with Gasteiger partial charge in [0.25, 0.3) is 0 Å². The number of rotatable bonds is 9. The molecule has 4 nitrogen and oxygen atoms in total. The van der Waals surface area contributed by atoms with E-state index in [-0.39, 0.29) is 12.0 Å². The van der Waals surface area contributed by atoms with Crippen LogP contribution in [0.15, 0.2) is 0 Å². The lowest BCUT2D eigenvalue weighted by molar-refractivity contribution is -0.145. The van der Waals surface area contributed by atoms with E-state index in [4.69, 9.17) is 4.74 Å². The van der Waals surface area contributed by atoms with Crippen LogP contribution in [0.4, 0.5) is 0 Å². The van der Waals surface area contributed by atoms with Gasteiger partial charge in [-0.25, -0.2) is 0 Å². The second-order valence-electron chi connectivity index (χ2n) is 4.81. The molecule has 1 unspecified atom stereocenters. The van der Waals surface area contributed by atoms with Crippen molar-refractivity contribution in [1.29, 1.82) is 0 Å². The summed E-state index contributed by atoms with van der Waals surface area (Å²) in [5, 5.41) is 3.17. The molecule has 0 aliphatic rings. The standard InChI is InChI=1S/C13H28N2O2/c1-6-14-12(13(16)17-7-2)8-9-15(5)10-11(3)4/h11-12,14H,6-10H2,1-5H3. The maximum atomic E-state index is 11.7. The van der Waals surface area contributed by atoms with Crippen molar-refractivity contribution in [2.24, 2.45) is 5.92 Å². The van der Waals surface area contributed by atoms with Crippen LogP contribution in [0, 0.1) is 5.92 Å². The molecule has 0 fully saturated rings. The van der Waals surface area contributed by atoms with Crippen LogP contribution in [0.1, 0.15) is 34.1 Å². The van der Waals surface area contributed by atoms with E-state index >= 15 is 0 Å². The molecule has 0 aromatic heterocycles. The summed E-state index contributed by atoms with van der Waals surface area (Å²) in [5.74, 6) is 0.521. The molecule has 1 N–H and O–H groups in total. The predicted molar refractivity (Wildman–Crippen MR) is 71.0 cm³/mol. The molecule has 0 amide bonds. The minimum Gasteiger partial charge on any atom is -0.465 e. The van der Waals surface area contributed by atoms with Crippen molar-refractivity contribution in [3.63, 3.8) is 0 Å². The molecule has 0 heterocycles. The lowest BCUT2D eigenvalue weighted by Gasteiger charge is -2.22. The fraction of sp³-hybridized carbons (Fsp3) is 0.923. The summed E-state index contributed by atoms with van der Waals surface area (Å²) < 4.78 is 5.05. The molecule has 0 rings (SSSR count). The second-order valence-corrected chi connectivity index (χ2v) is 4.81. The molecule has 1 atom stereocenters. The number of nitrogens with zero attached hydrogens (tertiary/aromatic N) is 1. The first kappa shape index (κ1) is 16.4. The molecule has 0 aromatic rings.